The van der Waals surface area contributed by atoms with Crippen LogP contribution >= 0.6 is 22.9 Å². The number of rotatable bonds is 3. The molecule has 0 fully saturated rings. The number of hydrogen-bond donors (Lipinski definition) is 1. The maximum atomic E-state index is 12.0. The molecule has 99 valence electrons. The van der Waals surface area contributed by atoms with Gasteiger partial charge in [0.2, 0.25) is 5.91 Å². The first-order valence-corrected chi connectivity index (χ1v) is 7.21. The standard InChI is InChI=1S/C15H10ClN2OS/c16-11-3-1-2-10(6-11)7-15(19)18-12-4-5-13-14(8-12)20-9-17-13/h1-6,8H,7H2,(H,18,19). The number of carbonyl (C=O) groups excluding carboxylic acids is 1. The predicted octanol–water partition coefficient (Wildman–Crippen LogP) is 3.93. The third-order valence-electron chi connectivity index (χ3n) is 2.82. The van der Waals surface area contributed by atoms with Crippen LogP contribution in [0, 0.1) is 5.51 Å². The van der Waals surface area contributed by atoms with Gasteiger partial charge in [0, 0.05) is 10.7 Å². The first-order valence-electron chi connectivity index (χ1n) is 6.02. The largest absolute Gasteiger partial charge is 0.326 e. The highest BCUT2D eigenvalue weighted by Gasteiger charge is 2.06. The lowest BCUT2D eigenvalue weighted by atomic mass is 10.1. The van der Waals surface area contributed by atoms with Crippen molar-refractivity contribution in [2.75, 3.05) is 5.32 Å². The van der Waals surface area contributed by atoms with Gasteiger partial charge in [0.25, 0.3) is 0 Å². The lowest BCUT2D eigenvalue weighted by Gasteiger charge is -2.05. The lowest BCUT2D eigenvalue weighted by molar-refractivity contribution is -0.115. The summed E-state index contributed by atoms with van der Waals surface area (Å²) in [7, 11) is 0. The van der Waals surface area contributed by atoms with Crippen molar-refractivity contribution in [2.45, 2.75) is 6.42 Å². The van der Waals surface area contributed by atoms with Crippen molar-refractivity contribution in [3.05, 3.63) is 58.6 Å². The normalized spacial score (nSPS) is 10.7. The summed E-state index contributed by atoms with van der Waals surface area (Å²) in [5.41, 5.74) is 5.38. The van der Waals surface area contributed by atoms with Crippen molar-refractivity contribution < 1.29 is 4.79 Å². The molecule has 1 heterocycles. The molecule has 0 saturated carbocycles. The number of carbonyl (C=O) groups is 1. The van der Waals surface area contributed by atoms with Crippen molar-refractivity contribution in [3.63, 3.8) is 0 Å². The minimum atomic E-state index is -0.0693. The molecule has 0 unspecified atom stereocenters. The zero-order valence-corrected chi connectivity index (χ0v) is 12.0. The summed E-state index contributed by atoms with van der Waals surface area (Å²) >= 11 is 7.33. The van der Waals surface area contributed by atoms with E-state index in [1.807, 2.05) is 30.3 Å². The second kappa shape index (κ2) is 5.61. The van der Waals surface area contributed by atoms with Gasteiger partial charge in [0.1, 0.15) is 0 Å². The van der Waals surface area contributed by atoms with Crippen LogP contribution in [-0.4, -0.2) is 10.9 Å². The second-order valence-corrected chi connectivity index (χ2v) is 5.61. The Bertz CT molecular complexity index is 769. The number of nitrogens with one attached hydrogen (secondary N) is 1. The van der Waals surface area contributed by atoms with Crippen molar-refractivity contribution >= 4 is 44.7 Å². The molecule has 1 amide bonds. The van der Waals surface area contributed by atoms with Gasteiger partial charge in [-0.3, -0.25) is 4.79 Å². The highest BCUT2D eigenvalue weighted by molar-refractivity contribution is 7.16. The molecule has 20 heavy (non-hydrogen) atoms. The molecule has 3 rings (SSSR count). The van der Waals surface area contributed by atoms with Crippen LogP contribution in [-0.2, 0) is 11.2 Å². The predicted molar refractivity (Wildman–Crippen MR) is 82.2 cm³/mol. The van der Waals surface area contributed by atoms with E-state index in [1.165, 1.54) is 11.3 Å². The molecule has 5 heteroatoms. The Morgan fingerprint density at radius 3 is 3.05 bits per heavy atom. The van der Waals surface area contributed by atoms with Gasteiger partial charge in [-0.2, -0.15) is 0 Å². The van der Waals surface area contributed by atoms with Crippen molar-refractivity contribution in [1.29, 1.82) is 0 Å². The monoisotopic (exact) mass is 301 g/mol. The maximum absolute atomic E-state index is 12.0. The van der Waals surface area contributed by atoms with Crippen LogP contribution in [0.5, 0.6) is 0 Å². The third kappa shape index (κ3) is 2.98. The fraction of sp³-hybridized carbons (Fsp3) is 0.0667. The van der Waals surface area contributed by atoms with E-state index in [0.29, 0.717) is 11.4 Å². The first-order chi connectivity index (χ1) is 9.70. The van der Waals surface area contributed by atoms with E-state index in [9.17, 15) is 4.79 Å². The fourth-order valence-electron chi connectivity index (χ4n) is 1.92. The molecule has 0 aliphatic heterocycles. The summed E-state index contributed by atoms with van der Waals surface area (Å²) in [5.74, 6) is -0.0693. The van der Waals surface area contributed by atoms with E-state index in [2.05, 4.69) is 15.8 Å². The number of anilines is 1. The Labute approximate surface area is 125 Å². The molecule has 1 radical (unpaired) electrons. The van der Waals surface area contributed by atoms with Crippen LogP contribution in [0.15, 0.2) is 42.5 Å². The van der Waals surface area contributed by atoms with Gasteiger partial charge >= 0.3 is 0 Å². The SMILES string of the molecule is O=C(Cc1cccc(Cl)c1)Nc1ccc2n[c]sc2c1. The second-order valence-electron chi connectivity index (χ2n) is 4.34. The zero-order valence-electron chi connectivity index (χ0n) is 10.4. The molecule has 3 nitrogen and oxygen atoms in total. The van der Waals surface area contributed by atoms with Crippen LogP contribution in [0.2, 0.25) is 5.02 Å². The lowest BCUT2D eigenvalue weighted by Crippen LogP contribution is -2.14. The van der Waals surface area contributed by atoms with Gasteiger partial charge in [-0.15, -0.1) is 11.3 Å². The van der Waals surface area contributed by atoms with Crippen molar-refractivity contribution in [1.82, 2.24) is 4.98 Å². The molecule has 0 aliphatic carbocycles. The molecule has 0 aliphatic rings. The molecule has 3 aromatic rings. The molecule has 0 atom stereocenters. The summed E-state index contributed by atoms with van der Waals surface area (Å²) in [4.78, 5) is 16.1. The van der Waals surface area contributed by atoms with Gasteiger partial charge in [0.05, 0.1) is 16.6 Å². The van der Waals surface area contributed by atoms with Gasteiger partial charge < -0.3 is 5.32 Å². The summed E-state index contributed by atoms with van der Waals surface area (Å²) in [6, 6.07) is 12.9. The minimum Gasteiger partial charge on any atom is -0.326 e. The van der Waals surface area contributed by atoms with E-state index in [-0.39, 0.29) is 5.91 Å². The smallest absolute Gasteiger partial charge is 0.228 e. The maximum Gasteiger partial charge on any atom is 0.228 e. The van der Waals surface area contributed by atoms with E-state index >= 15 is 0 Å². The number of aromatic nitrogens is 1. The number of fused-ring (bicyclic) bond motifs is 1. The topological polar surface area (TPSA) is 42.0 Å². The molecule has 1 aromatic heterocycles. The molecular formula is C15H10ClN2OS. The number of amides is 1. The highest BCUT2D eigenvalue weighted by atomic mass is 35.5. The summed E-state index contributed by atoms with van der Waals surface area (Å²) < 4.78 is 1.01. The van der Waals surface area contributed by atoms with Gasteiger partial charge in [-0.25, -0.2) is 4.98 Å². The number of halogens is 1. The molecular weight excluding hydrogens is 292 g/mol. The Hall–Kier alpha value is -1.91. The molecule has 2 aromatic carbocycles. The Morgan fingerprint density at radius 2 is 2.20 bits per heavy atom. The minimum absolute atomic E-state index is 0.0693. The average Bonchev–Trinajstić information content (AvgIpc) is 2.86. The van der Waals surface area contributed by atoms with Gasteiger partial charge in [0.15, 0.2) is 5.51 Å². The van der Waals surface area contributed by atoms with Gasteiger partial charge in [-0.05, 0) is 35.9 Å². The number of benzene rings is 2. The number of thiazole rings is 1. The van der Waals surface area contributed by atoms with Crippen LogP contribution in [0.1, 0.15) is 5.56 Å². The van der Waals surface area contributed by atoms with Crippen LogP contribution in [0.3, 0.4) is 0 Å². The molecule has 0 saturated heterocycles. The molecule has 1 N–H and O–H groups in total. The van der Waals surface area contributed by atoms with E-state index in [4.69, 9.17) is 11.6 Å². The third-order valence-corrected chi connectivity index (χ3v) is 3.78. The van der Waals surface area contributed by atoms with Crippen LogP contribution < -0.4 is 5.32 Å². The molecule has 0 spiro atoms. The number of hydrogen-bond acceptors (Lipinski definition) is 3. The average molecular weight is 302 g/mol. The first kappa shape index (κ1) is 13.1. The van der Waals surface area contributed by atoms with E-state index in [0.717, 1.165) is 21.5 Å². The highest BCUT2D eigenvalue weighted by Crippen LogP contribution is 2.21. The Morgan fingerprint density at radius 1 is 1.30 bits per heavy atom. The fourth-order valence-corrected chi connectivity index (χ4v) is 2.78. The Kier molecular flexibility index (Phi) is 3.67. The van der Waals surface area contributed by atoms with Crippen molar-refractivity contribution in [2.24, 2.45) is 0 Å². The quantitative estimate of drug-likeness (QED) is 0.796. The summed E-state index contributed by atoms with van der Waals surface area (Å²) in [6.07, 6.45) is 0.299. The summed E-state index contributed by atoms with van der Waals surface area (Å²) in [6.45, 7) is 0. The van der Waals surface area contributed by atoms with E-state index < -0.39 is 0 Å². The molecule has 0 bridgehead atoms. The van der Waals surface area contributed by atoms with Crippen LogP contribution in [0.4, 0.5) is 5.69 Å². The van der Waals surface area contributed by atoms with Crippen molar-refractivity contribution in [3.8, 4) is 0 Å². The van der Waals surface area contributed by atoms with Crippen LogP contribution in [0.25, 0.3) is 10.2 Å². The van der Waals surface area contributed by atoms with Gasteiger partial charge in [-0.1, -0.05) is 23.7 Å². The number of nitrogens with zero attached hydrogens (tertiary/aromatic N) is 1. The van der Waals surface area contributed by atoms with E-state index in [1.54, 1.807) is 12.1 Å². The zero-order chi connectivity index (χ0) is 13.9. The Balaban J connectivity index is 1.72. The summed E-state index contributed by atoms with van der Waals surface area (Å²) in [5, 5.41) is 3.51.